The Morgan fingerprint density at radius 3 is 1.65 bits per heavy atom. The van der Waals surface area contributed by atoms with Crippen LogP contribution in [0.3, 0.4) is 0 Å². The predicted molar refractivity (Wildman–Crippen MR) is 196 cm³/mol. The third-order valence-electron chi connectivity index (χ3n) is 7.28. The zero-order chi connectivity index (χ0) is 37.1. The van der Waals surface area contributed by atoms with E-state index in [0.717, 1.165) is 18.4 Å². The molecule has 0 fully saturated rings. The fraction of sp³-hybridized carbons (Fsp3) is 0.538. The number of unbranched alkanes of at least 4 members (excludes halogenated alkanes) is 1. The van der Waals surface area contributed by atoms with Crippen LogP contribution in [0.1, 0.15) is 48.9 Å². The highest BCUT2D eigenvalue weighted by Gasteiger charge is 2.20. The molecule has 12 nitrogen and oxygen atoms in total. The van der Waals surface area contributed by atoms with Gasteiger partial charge >= 0.3 is 0 Å². The number of ether oxygens (including phenoxy) is 10. The Hall–Kier alpha value is -4.14. The molecule has 0 radical (unpaired) electrons. The zero-order valence-electron chi connectivity index (χ0n) is 31.0. The molecule has 2 aromatic carbocycles. The van der Waals surface area contributed by atoms with Crippen LogP contribution in [0.4, 0.5) is 0 Å². The summed E-state index contributed by atoms with van der Waals surface area (Å²) in [7, 11) is 4.84. The van der Waals surface area contributed by atoms with Crippen molar-refractivity contribution in [2.24, 2.45) is 0 Å². The number of rotatable bonds is 28. The van der Waals surface area contributed by atoms with Crippen molar-refractivity contribution in [1.29, 1.82) is 5.26 Å². The normalized spacial score (nSPS) is 11.6. The van der Waals surface area contributed by atoms with Crippen molar-refractivity contribution in [3.63, 3.8) is 0 Å². The van der Waals surface area contributed by atoms with Gasteiger partial charge in [-0.1, -0.05) is 19.4 Å². The zero-order valence-corrected chi connectivity index (χ0v) is 31.0. The fourth-order valence-electron chi connectivity index (χ4n) is 4.57. The summed E-state index contributed by atoms with van der Waals surface area (Å²) >= 11 is 0. The molecular formula is C39H54N2O10. The standard InChI is InChI=1S/C39H54N2O10/c1-8-10-11-48-37-24-30(3)36(49-21-18-45-15-12-42-5)26-32(37)25-35(41-4)34-28-38(50-22-19-46-16-13-43-6)33(31(9-2)29-40)27-39(34)51-23-20-47-17-14-44-7/h9,24-28H,8,10-23H2,1-3,5-7H3/b31-9+,35-25-. The van der Waals surface area contributed by atoms with Gasteiger partial charge in [0.1, 0.15) is 42.8 Å². The number of aryl methyl sites for hydroxylation is 1. The number of nitriles is 1. The summed E-state index contributed by atoms with van der Waals surface area (Å²) < 4.78 is 56.6. The molecule has 0 spiro atoms. The summed E-state index contributed by atoms with van der Waals surface area (Å²) in [5, 5.41) is 9.98. The average molecular weight is 711 g/mol. The monoisotopic (exact) mass is 710 g/mol. The number of hydrogen-bond acceptors (Lipinski definition) is 11. The van der Waals surface area contributed by atoms with Gasteiger partial charge in [0.25, 0.3) is 0 Å². The molecular weight excluding hydrogens is 656 g/mol. The molecule has 0 heterocycles. The first kappa shape index (κ1) is 43.0. The van der Waals surface area contributed by atoms with E-state index in [2.05, 4.69) is 17.8 Å². The van der Waals surface area contributed by atoms with Crippen molar-refractivity contribution < 1.29 is 47.4 Å². The summed E-state index contributed by atoms with van der Waals surface area (Å²) in [5.41, 5.74) is 3.22. The maximum atomic E-state index is 9.98. The van der Waals surface area contributed by atoms with E-state index >= 15 is 0 Å². The Morgan fingerprint density at radius 2 is 1.16 bits per heavy atom. The summed E-state index contributed by atoms with van der Waals surface area (Å²) in [5.74, 6) is 2.08. The van der Waals surface area contributed by atoms with Crippen LogP contribution >= 0.6 is 0 Å². The van der Waals surface area contributed by atoms with Crippen LogP contribution in [0, 0.1) is 24.8 Å². The first-order chi connectivity index (χ1) is 25.0. The number of hydrogen-bond donors (Lipinski definition) is 0. The van der Waals surface area contributed by atoms with Gasteiger partial charge in [0.05, 0.1) is 84.3 Å². The van der Waals surface area contributed by atoms with Crippen LogP contribution < -0.4 is 18.9 Å². The third kappa shape index (κ3) is 15.7. The Morgan fingerprint density at radius 1 is 0.667 bits per heavy atom. The fourth-order valence-corrected chi connectivity index (χ4v) is 4.57. The molecule has 2 rings (SSSR count). The quantitative estimate of drug-likeness (QED) is 0.0409. The number of methoxy groups -OCH3 is 3. The second kappa shape index (κ2) is 26.6. The van der Waals surface area contributed by atoms with Gasteiger partial charge in [-0.15, -0.1) is 0 Å². The second-order valence-electron chi connectivity index (χ2n) is 11.0. The lowest BCUT2D eigenvalue weighted by atomic mass is 9.99. The molecule has 0 atom stereocenters. The lowest BCUT2D eigenvalue weighted by Gasteiger charge is -2.18. The molecule has 2 aromatic rings. The summed E-state index contributed by atoms with van der Waals surface area (Å²) in [6, 6.07) is 9.50. The maximum Gasteiger partial charge on any atom is 0.198 e. The molecule has 0 bridgehead atoms. The molecule has 0 amide bonds. The number of allylic oxidation sites excluding steroid dienone is 2. The molecule has 0 saturated heterocycles. The summed E-state index contributed by atoms with van der Waals surface area (Å²) in [6.07, 6.45) is 5.31. The molecule has 0 saturated carbocycles. The largest absolute Gasteiger partial charge is 0.493 e. The van der Waals surface area contributed by atoms with Crippen LogP contribution in [-0.2, 0) is 28.4 Å². The molecule has 51 heavy (non-hydrogen) atoms. The van der Waals surface area contributed by atoms with E-state index in [1.54, 1.807) is 52.5 Å². The molecule has 0 unspecified atom stereocenters. The summed E-state index contributed by atoms with van der Waals surface area (Å²) in [4.78, 5) is 3.94. The van der Waals surface area contributed by atoms with Gasteiger partial charge < -0.3 is 47.4 Å². The Balaban J connectivity index is 2.63. The molecule has 0 aliphatic carbocycles. The van der Waals surface area contributed by atoms with E-state index in [0.29, 0.717) is 118 Å². The van der Waals surface area contributed by atoms with Gasteiger partial charge in [-0.2, -0.15) is 5.26 Å². The van der Waals surface area contributed by atoms with Gasteiger partial charge in [-0.05, 0) is 56.2 Å². The minimum Gasteiger partial charge on any atom is -0.493 e. The SMILES string of the molecule is [C-]#[N+]/C(=C\c1cc(OCCOCCOC)c(C)cc1OCCCC)c1cc(OCCOCCOC)c(/C(C#N)=C/C)cc1OCCOCCOC. The van der Waals surface area contributed by atoms with Crippen LogP contribution in [0.15, 0.2) is 30.3 Å². The molecule has 0 aliphatic rings. The van der Waals surface area contributed by atoms with Crippen molar-refractivity contribution in [2.75, 3.05) is 107 Å². The molecule has 12 heteroatoms. The Bertz CT molecular complexity index is 1440. The highest BCUT2D eigenvalue weighted by atomic mass is 16.6. The van der Waals surface area contributed by atoms with E-state index in [-0.39, 0.29) is 18.9 Å². The third-order valence-corrected chi connectivity index (χ3v) is 7.28. The number of benzene rings is 2. The lowest BCUT2D eigenvalue weighted by molar-refractivity contribution is 0.0538. The van der Waals surface area contributed by atoms with Crippen molar-refractivity contribution in [2.45, 2.75) is 33.6 Å². The van der Waals surface area contributed by atoms with E-state index in [1.165, 1.54) is 0 Å². The molecule has 0 aliphatic heterocycles. The average Bonchev–Trinajstić information content (AvgIpc) is 3.14. The van der Waals surface area contributed by atoms with Crippen LogP contribution in [0.2, 0.25) is 0 Å². The van der Waals surface area contributed by atoms with Gasteiger partial charge in [-0.3, -0.25) is 0 Å². The van der Waals surface area contributed by atoms with Gasteiger partial charge in [0.15, 0.2) is 5.70 Å². The molecule has 0 N–H and O–H groups in total. The van der Waals surface area contributed by atoms with Gasteiger partial charge in [0.2, 0.25) is 0 Å². The Labute approximate surface area is 303 Å². The first-order valence-corrected chi connectivity index (χ1v) is 17.2. The number of nitrogens with zero attached hydrogens (tertiary/aromatic N) is 2. The van der Waals surface area contributed by atoms with Gasteiger partial charge in [-0.25, -0.2) is 4.85 Å². The molecule has 0 aromatic heterocycles. The maximum absolute atomic E-state index is 9.98. The van der Waals surface area contributed by atoms with Crippen molar-refractivity contribution in [1.82, 2.24) is 0 Å². The van der Waals surface area contributed by atoms with E-state index < -0.39 is 0 Å². The van der Waals surface area contributed by atoms with Crippen molar-refractivity contribution in [3.05, 3.63) is 64.0 Å². The Kier molecular flexibility index (Phi) is 22.5. The highest BCUT2D eigenvalue weighted by Crippen LogP contribution is 2.40. The minimum atomic E-state index is 0.201. The van der Waals surface area contributed by atoms with Crippen LogP contribution in [-0.4, -0.2) is 107 Å². The van der Waals surface area contributed by atoms with E-state index in [4.69, 9.17) is 53.9 Å². The summed E-state index contributed by atoms with van der Waals surface area (Å²) in [6.45, 7) is 19.2. The van der Waals surface area contributed by atoms with Crippen molar-refractivity contribution in [3.8, 4) is 29.1 Å². The van der Waals surface area contributed by atoms with Gasteiger partial charge in [0, 0.05) is 38.0 Å². The molecule has 280 valence electrons. The second-order valence-corrected chi connectivity index (χ2v) is 11.0. The van der Waals surface area contributed by atoms with Crippen molar-refractivity contribution >= 4 is 17.3 Å². The topological polar surface area (TPSA) is 120 Å². The van der Waals surface area contributed by atoms with Crippen LogP contribution in [0.25, 0.3) is 22.2 Å². The minimum absolute atomic E-state index is 0.201. The smallest absolute Gasteiger partial charge is 0.198 e. The predicted octanol–water partition coefficient (Wildman–Crippen LogP) is 6.64. The van der Waals surface area contributed by atoms with E-state index in [1.807, 2.05) is 19.1 Å². The highest BCUT2D eigenvalue weighted by molar-refractivity contribution is 5.91. The first-order valence-electron chi connectivity index (χ1n) is 17.2. The van der Waals surface area contributed by atoms with Crippen LogP contribution in [0.5, 0.6) is 23.0 Å². The van der Waals surface area contributed by atoms with E-state index in [9.17, 15) is 5.26 Å². The lowest BCUT2D eigenvalue weighted by Crippen LogP contribution is -2.12.